The second-order valence-corrected chi connectivity index (χ2v) is 8.35. The van der Waals surface area contributed by atoms with Gasteiger partial charge in [0.15, 0.2) is 0 Å². The lowest BCUT2D eigenvalue weighted by molar-refractivity contribution is 0.0767. The second kappa shape index (κ2) is 6.36. The molecule has 1 atom stereocenters. The monoisotopic (exact) mass is 343 g/mol. The van der Waals surface area contributed by atoms with Crippen molar-refractivity contribution in [3.63, 3.8) is 0 Å². The van der Waals surface area contributed by atoms with Crippen LogP contribution in [0.1, 0.15) is 60.0 Å². The number of carbonyl (C=O) groups excluding carboxylic acids is 1. The van der Waals surface area contributed by atoms with Crippen molar-refractivity contribution in [1.29, 1.82) is 0 Å². The maximum atomic E-state index is 12.9. The van der Waals surface area contributed by atoms with Gasteiger partial charge in [0, 0.05) is 24.2 Å². The Labute approximate surface area is 147 Å². The van der Waals surface area contributed by atoms with E-state index in [0.717, 1.165) is 49.0 Å². The Kier molecular flexibility index (Phi) is 4.21. The first-order chi connectivity index (χ1) is 11.6. The van der Waals surface area contributed by atoms with Crippen LogP contribution in [-0.4, -0.2) is 28.9 Å². The minimum absolute atomic E-state index is 0.101. The highest BCUT2D eigenvalue weighted by Crippen LogP contribution is 2.37. The van der Waals surface area contributed by atoms with Gasteiger partial charge in [-0.25, -0.2) is 4.98 Å². The third kappa shape index (κ3) is 2.79. The smallest absolute Gasteiger partial charge is 0.266 e. The lowest BCUT2D eigenvalue weighted by Gasteiger charge is -2.20. The first-order valence-corrected chi connectivity index (χ1v) is 9.95. The number of carbonyl (C=O) groups is 1. The summed E-state index contributed by atoms with van der Waals surface area (Å²) in [4.78, 5) is 21.4. The summed E-state index contributed by atoms with van der Waals surface area (Å²) in [7, 11) is 0. The predicted molar refractivity (Wildman–Crippen MR) is 99.6 cm³/mol. The van der Waals surface area contributed by atoms with Gasteiger partial charge in [0.25, 0.3) is 5.91 Å². The summed E-state index contributed by atoms with van der Waals surface area (Å²) in [6.07, 6.45) is 7.95. The van der Waals surface area contributed by atoms with E-state index in [1.165, 1.54) is 41.9 Å². The summed E-state index contributed by atoms with van der Waals surface area (Å²) in [6, 6.07) is 2.19. The van der Waals surface area contributed by atoms with Gasteiger partial charge in [0.1, 0.15) is 9.71 Å². The Morgan fingerprint density at radius 2 is 2.04 bits per heavy atom. The Bertz CT molecular complexity index is 775. The number of aromatic nitrogens is 1. The summed E-state index contributed by atoms with van der Waals surface area (Å²) < 4.78 is 0. The number of nitrogens with two attached hydrogens (primary N) is 1. The van der Waals surface area contributed by atoms with Crippen molar-refractivity contribution in [2.75, 3.05) is 18.8 Å². The molecule has 0 saturated carbocycles. The van der Waals surface area contributed by atoms with Gasteiger partial charge in [-0.1, -0.05) is 19.8 Å². The molecule has 128 valence electrons. The largest absolute Gasteiger partial charge is 0.397 e. The summed E-state index contributed by atoms with van der Waals surface area (Å²) in [6.45, 7) is 4.00. The zero-order valence-corrected chi connectivity index (χ0v) is 15.1. The van der Waals surface area contributed by atoms with Crippen LogP contribution in [-0.2, 0) is 12.8 Å². The van der Waals surface area contributed by atoms with Gasteiger partial charge in [0.2, 0.25) is 0 Å². The van der Waals surface area contributed by atoms with Crippen molar-refractivity contribution in [1.82, 2.24) is 9.88 Å². The Morgan fingerprint density at radius 1 is 1.29 bits per heavy atom. The van der Waals surface area contributed by atoms with Crippen LogP contribution in [0.5, 0.6) is 0 Å². The first kappa shape index (κ1) is 15.9. The van der Waals surface area contributed by atoms with Crippen LogP contribution in [0.25, 0.3) is 10.2 Å². The standard InChI is InChI=1S/C19H25N3OS/c1-12-6-7-15-13(10-12)11-14-16(20)17(24-18(14)21-15)19(23)22-8-4-2-3-5-9-22/h11-12H,2-10,20H2,1H3. The molecule has 4 rings (SSSR count). The predicted octanol–water partition coefficient (Wildman–Crippen LogP) is 4.02. The fraction of sp³-hybridized carbons (Fsp3) is 0.579. The van der Waals surface area contributed by atoms with Crippen molar-refractivity contribution in [2.24, 2.45) is 5.92 Å². The van der Waals surface area contributed by atoms with E-state index in [2.05, 4.69) is 13.0 Å². The van der Waals surface area contributed by atoms with Crippen LogP contribution >= 0.6 is 11.3 Å². The molecule has 1 aliphatic carbocycles. The van der Waals surface area contributed by atoms with Crippen molar-refractivity contribution in [2.45, 2.75) is 51.9 Å². The molecular formula is C19H25N3OS. The third-order valence-electron chi connectivity index (χ3n) is 5.42. The summed E-state index contributed by atoms with van der Waals surface area (Å²) in [5.74, 6) is 0.804. The summed E-state index contributed by atoms with van der Waals surface area (Å²) in [5.41, 5.74) is 9.54. The number of thiophene rings is 1. The van der Waals surface area contributed by atoms with E-state index in [1.807, 2.05) is 4.90 Å². The molecule has 1 amide bonds. The average Bonchev–Trinajstić information content (AvgIpc) is 2.78. The second-order valence-electron chi connectivity index (χ2n) is 7.35. The van der Waals surface area contributed by atoms with Crippen LogP contribution in [0.4, 0.5) is 5.69 Å². The number of amides is 1. The Hall–Kier alpha value is -1.62. The van der Waals surface area contributed by atoms with Crippen LogP contribution in [0.2, 0.25) is 0 Å². The first-order valence-electron chi connectivity index (χ1n) is 9.13. The van der Waals surface area contributed by atoms with Gasteiger partial charge < -0.3 is 10.6 Å². The highest BCUT2D eigenvalue weighted by Gasteiger charge is 2.25. The minimum Gasteiger partial charge on any atom is -0.397 e. The molecule has 5 heteroatoms. The van der Waals surface area contributed by atoms with Gasteiger partial charge in [-0.2, -0.15) is 0 Å². The molecule has 4 nitrogen and oxygen atoms in total. The Morgan fingerprint density at radius 3 is 2.79 bits per heavy atom. The van der Waals surface area contributed by atoms with E-state index in [-0.39, 0.29) is 5.91 Å². The molecule has 1 unspecified atom stereocenters. The van der Waals surface area contributed by atoms with E-state index in [9.17, 15) is 4.79 Å². The lowest BCUT2D eigenvalue weighted by atomic mass is 9.87. The number of hydrogen-bond donors (Lipinski definition) is 1. The molecule has 2 N–H and O–H groups in total. The summed E-state index contributed by atoms with van der Waals surface area (Å²) >= 11 is 1.48. The van der Waals surface area contributed by atoms with E-state index < -0.39 is 0 Å². The number of hydrogen-bond acceptors (Lipinski definition) is 4. The van der Waals surface area contributed by atoms with Crippen LogP contribution in [0.15, 0.2) is 6.07 Å². The number of pyridine rings is 1. The SMILES string of the molecule is CC1CCc2nc3sc(C(=O)N4CCCCCC4)c(N)c3cc2C1. The molecule has 1 aliphatic heterocycles. The Balaban J connectivity index is 1.71. The van der Waals surface area contributed by atoms with E-state index >= 15 is 0 Å². The van der Waals surface area contributed by atoms with E-state index in [1.54, 1.807) is 0 Å². The molecule has 24 heavy (non-hydrogen) atoms. The highest BCUT2D eigenvalue weighted by molar-refractivity contribution is 7.21. The maximum absolute atomic E-state index is 12.9. The molecule has 0 bridgehead atoms. The van der Waals surface area contributed by atoms with Crippen LogP contribution in [0, 0.1) is 5.92 Å². The molecule has 0 spiro atoms. The number of aryl methyl sites for hydroxylation is 1. The quantitative estimate of drug-likeness (QED) is 0.851. The topological polar surface area (TPSA) is 59.2 Å². The van der Waals surface area contributed by atoms with Crippen molar-refractivity contribution < 1.29 is 4.79 Å². The number of fused-ring (bicyclic) bond motifs is 2. The zero-order chi connectivity index (χ0) is 16.7. The molecule has 0 aromatic carbocycles. The van der Waals surface area contributed by atoms with Gasteiger partial charge in [-0.15, -0.1) is 11.3 Å². The molecule has 2 aromatic rings. The van der Waals surface area contributed by atoms with Crippen molar-refractivity contribution >= 4 is 33.1 Å². The molecular weight excluding hydrogens is 318 g/mol. The molecule has 0 radical (unpaired) electrons. The maximum Gasteiger partial charge on any atom is 0.266 e. The van der Waals surface area contributed by atoms with Gasteiger partial charge >= 0.3 is 0 Å². The fourth-order valence-corrected chi connectivity index (χ4v) is 5.01. The zero-order valence-electron chi connectivity index (χ0n) is 14.3. The fourth-order valence-electron chi connectivity index (χ4n) is 3.95. The van der Waals surface area contributed by atoms with Crippen LogP contribution in [0.3, 0.4) is 0 Å². The summed E-state index contributed by atoms with van der Waals surface area (Å²) in [5, 5.41) is 0.978. The molecule has 3 heterocycles. The third-order valence-corrected chi connectivity index (χ3v) is 6.52. The van der Waals surface area contributed by atoms with Crippen LogP contribution < -0.4 is 5.73 Å². The van der Waals surface area contributed by atoms with Gasteiger partial charge in [0.05, 0.1) is 5.69 Å². The molecule has 2 aromatic heterocycles. The number of anilines is 1. The lowest BCUT2D eigenvalue weighted by Crippen LogP contribution is -2.31. The van der Waals surface area contributed by atoms with Crippen molar-refractivity contribution in [3.05, 3.63) is 22.2 Å². The molecule has 2 aliphatic rings. The number of nitrogens with zero attached hydrogens (tertiary/aromatic N) is 2. The van der Waals surface area contributed by atoms with E-state index in [4.69, 9.17) is 10.7 Å². The van der Waals surface area contributed by atoms with Gasteiger partial charge in [-0.05, 0) is 49.7 Å². The highest BCUT2D eigenvalue weighted by atomic mass is 32.1. The minimum atomic E-state index is 0.101. The molecule has 1 saturated heterocycles. The van der Waals surface area contributed by atoms with E-state index in [0.29, 0.717) is 16.5 Å². The van der Waals surface area contributed by atoms with Gasteiger partial charge in [-0.3, -0.25) is 4.79 Å². The average molecular weight is 343 g/mol. The molecule has 1 fully saturated rings. The normalized spacial score (nSPS) is 21.5. The number of rotatable bonds is 1. The number of nitrogen functional groups attached to an aromatic ring is 1. The van der Waals surface area contributed by atoms with Crippen molar-refractivity contribution in [3.8, 4) is 0 Å². The number of likely N-dealkylation sites (tertiary alicyclic amines) is 1.